The smallest absolute Gasteiger partial charge is 0.205 e. The number of rotatable bonds is 1. The number of hydrogen-bond acceptors (Lipinski definition) is 0. The number of benzene rings is 1. The molecule has 0 N–H and O–H groups in total. The molecule has 16 heavy (non-hydrogen) atoms. The minimum absolute atomic E-state index is 0.494. The normalized spacial score (nSPS) is 11.7. The number of halogens is 7. The molecule has 0 nitrogen and oxygen atoms in total. The van der Waals surface area contributed by atoms with Gasteiger partial charge in [-0.1, -0.05) is 29.8 Å². The third-order valence-electron chi connectivity index (χ3n) is 1.77. The predicted molar refractivity (Wildman–Crippen MR) is 51.5 cm³/mol. The van der Waals surface area contributed by atoms with Gasteiger partial charge in [0.25, 0.3) is 0 Å². The van der Waals surface area contributed by atoms with Crippen molar-refractivity contribution in [2.24, 2.45) is 0 Å². The summed E-state index contributed by atoms with van der Waals surface area (Å²) >= 11 is 10.4. The molecule has 0 atom stereocenters. The maximum absolute atomic E-state index is 13.2. The number of alkyl halides is 3. The van der Waals surface area contributed by atoms with Crippen LogP contribution in [-0.4, -0.2) is 6.18 Å². The van der Waals surface area contributed by atoms with E-state index in [-0.39, 0.29) is 0 Å². The van der Waals surface area contributed by atoms with Gasteiger partial charge in [0.05, 0.1) is 10.6 Å². The fraction of sp³-hybridized carbons (Fsp3) is 0.111. The molecule has 0 aromatic heterocycles. The summed E-state index contributed by atoms with van der Waals surface area (Å²) < 4.78 is 62.8. The molecule has 0 aliphatic rings. The largest absolute Gasteiger partial charge is 0.416 e. The van der Waals surface area contributed by atoms with Gasteiger partial charge >= 0.3 is 6.18 Å². The van der Waals surface area contributed by atoms with Crippen LogP contribution in [0, 0.1) is 11.6 Å². The van der Waals surface area contributed by atoms with E-state index in [4.69, 9.17) is 23.2 Å². The third-order valence-corrected chi connectivity index (χ3v) is 2.38. The molecule has 88 valence electrons. The van der Waals surface area contributed by atoms with Crippen molar-refractivity contribution in [3.63, 3.8) is 0 Å². The summed E-state index contributed by atoms with van der Waals surface area (Å²) in [5.41, 5.74) is -2.45. The van der Waals surface area contributed by atoms with Crippen molar-refractivity contribution in [3.8, 4) is 0 Å². The first kappa shape index (κ1) is 13.3. The fourth-order valence-electron chi connectivity index (χ4n) is 0.945. The van der Waals surface area contributed by atoms with Gasteiger partial charge in [0, 0.05) is 5.56 Å². The van der Waals surface area contributed by atoms with Gasteiger partial charge in [-0.3, -0.25) is 0 Å². The molecule has 0 saturated carbocycles. The molecule has 0 aliphatic heterocycles. The molecular formula is C9H3Cl2F5. The van der Waals surface area contributed by atoms with E-state index in [0.717, 1.165) is 0 Å². The van der Waals surface area contributed by atoms with E-state index in [1.165, 1.54) is 0 Å². The highest BCUT2D eigenvalue weighted by atomic mass is 35.5. The highest BCUT2D eigenvalue weighted by molar-refractivity contribution is 6.35. The molecule has 1 aromatic carbocycles. The van der Waals surface area contributed by atoms with Crippen molar-refractivity contribution in [1.82, 2.24) is 0 Å². The minimum atomic E-state index is -4.84. The Labute approximate surface area is 97.3 Å². The second-order valence-corrected chi connectivity index (χ2v) is 3.61. The van der Waals surface area contributed by atoms with Crippen LogP contribution in [0.2, 0.25) is 10.0 Å². The van der Waals surface area contributed by atoms with Gasteiger partial charge in [-0.2, -0.15) is 13.2 Å². The van der Waals surface area contributed by atoms with E-state index in [9.17, 15) is 22.0 Å². The van der Waals surface area contributed by atoms with Gasteiger partial charge in [-0.15, -0.1) is 0 Å². The molecular weight excluding hydrogens is 274 g/mol. The topological polar surface area (TPSA) is 0 Å². The highest BCUT2D eigenvalue weighted by Gasteiger charge is 2.35. The first-order valence-electron chi connectivity index (χ1n) is 3.75. The van der Waals surface area contributed by atoms with Crippen LogP contribution in [0.4, 0.5) is 22.0 Å². The molecule has 0 heterocycles. The fourth-order valence-corrected chi connectivity index (χ4v) is 1.40. The Bertz CT molecular complexity index is 450. The summed E-state index contributed by atoms with van der Waals surface area (Å²) in [5, 5.41) is -1.79. The van der Waals surface area contributed by atoms with Gasteiger partial charge in [-0.05, 0) is 6.07 Å². The van der Waals surface area contributed by atoms with Crippen LogP contribution in [0.5, 0.6) is 0 Å². The molecule has 0 spiro atoms. The van der Waals surface area contributed by atoms with Crippen LogP contribution < -0.4 is 0 Å². The van der Waals surface area contributed by atoms with E-state index in [0.29, 0.717) is 6.07 Å². The molecule has 0 aliphatic carbocycles. The lowest BCUT2D eigenvalue weighted by atomic mass is 10.1. The van der Waals surface area contributed by atoms with Crippen LogP contribution in [0.1, 0.15) is 5.56 Å². The van der Waals surface area contributed by atoms with E-state index in [2.05, 4.69) is 6.58 Å². The maximum Gasteiger partial charge on any atom is 0.416 e. The second kappa shape index (κ2) is 4.22. The first-order chi connectivity index (χ1) is 7.16. The zero-order valence-electron chi connectivity index (χ0n) is 7.43. The van der Waals surface area contributed by atoms with Crippen molar-refractivity contribution >= 4 is 28.8 Å². The Morgan fingerprint density at radius 1 is 1.12 bits per heavy atom. The molecule has 1 rings (SSSR count). The SMILES string of the molecule is C=C(c1cc(Cl)c(F)c(Cl)c1F)C(F)(F)F. The van der Waals surface area contributed by atoms with E-state index in [1.54, 1.807) is 0 Å². The van der Waals surface area contributed by atoms with Gasteiger partial charge in [0.15, 0.2) is 11.6 Å². The van der Waals surface area contributed by atoms with Gasteiger partial charge in [0.2, 0.25) is 0 Å². The zero-order valence-corrected chi connectivity index (χ0v) is 8.94. The number of hydrogen-bond donors (Lipinski definition) is 0. The van der Waals surface area contributed by atoms with Crippen LogP contribution in [0.15, 0.2) is 12.6 Å². The van der Waals surface area contributed by atoms with Crippen molar-refractivity contribution in [1.29, 1.82) is 0 Å². The van der Waals surface area contributed by atoms with Crippen molar-refractivity contribution in [3.05, 3.63) is 39.9 Å². The average molecular weight is 277 g/mol. The Morgan fingerprint density at radius 3 is 2.06 bits per heavy atom. The minimum Gasteiger partial charge on any atom is -0.205 e. The maximum atomic E-state index is 13.2. The molecule has 0 fully saturated rings. The Morgan fingerprint density at radius 2 is 1.62 bits per heavy atom. The second-order valence-electron chi connectivity index (χ2n) is 2.82. The number of allylic oxidation sites excluding steroid dienone is 1. The van der Waals surface area contributed by atoms with E-state index >= 15 is 0 Å². The molecule has 7 heteroatoms. The average Bonchev–Trinajstić information content (AvgIpc) is 2.18. The standard InChI is InChI=1S/C9H3Cl2F5/c1-3(9(14,15)16)4-2-5(10)8(13)6(11)7(4)12/h2H,1H2. The summed E-state index contributed by atoms with van der Waals surface area (Å²) in [4.78, 5) is 0. The lowest BCUT2D eigenvalue weighted by molar-refractivity contribution is -0.0688. The highest BCUT2D eigenvalue weighted by Crippen LogP contribution is 2.38. The van der Waals surface area contributed by atoms with E-state index in [1.807, 2.05) is 0 Å². The predicted octanol–water partition coefficient (Wildman–Crippen LogP) is 4.85. The molecule has 0 bridgehead atoms. The molecule has 0 unspecified atom stereocenters. The third kappa shape index (κ3) is 2.30. The van der Waals surface area contributed by atoms with E-state index < -0.39 is 39.0 Å². The zero-order chi connectivity index (χ0) is 12.7. The van der Waals surface area contributed by atoms with Crippen LogP contribution in [0.3, 0.4) is 0 Å². The van der Waals surface area contributed by atoms with Gasteiger partial charge in [-0.25, -0.2) is 8.78 Å². The molecule has 0 radical (unpaired) electrons. The summed E-state index contributed by atoms with van der Waals surface area (Å²) in [6, 6.07) is 0.494. The van der Waals surface area contributed by atoms with Crippen molar-refractivity contribution in [2.75, 3.05) is 0 Å². The van der Waals surface area contributed by atoms with Crippen molar-refractivity contribution in [2.45, 2.75) is 6.18 Å². The van der Waals surface area contributed by atoms with Crippen molar-refractivity contribution < 1.29 is 22.0 Å². The Balaban J connectivity index is 3.43. The van der Waals surface area contributed by atoms with Gasteiger partial charge in [0.1, 0.15) is 5.02 Å². The summed E-state index contributed by atoms with van der Waals surface area (Å²) in [6.45, 7) is 2.66. The lowest BCUT2D eigenvalue weighted by Gasteiger charge is -2.12. The monoisotopic (exact) mass is 276 g/mol. The lowest BCUT2D eigenvalue weighted by Crippen LogP contribution is -2.11. The quantitative estimate of drug-likeness (QED) is 0.391. The Kier molecular flexibility index (Phi) is 3.50. The molecule has 1 aromatic rings. The van der Waals surface area contributed by atoms with Gasteiger partial charge < -0.3 is 0 Å². The van der Waals surface area contributed by atoms with Crippen LogP contribution in [0.25, 0.3) is 5.57 Å². The summed E-state index contributed by atoms with van der Waals surface area (Å²) in [6.07, 6.45) is -4.84. The molecule has 0 amide bonds. The summed E-state index contributed by atoms with van der Waals surface area (Å²) in [7, 11) is 0. The van der Waals surface area contributed by atoms with Crippen LogP contribution in [-0.2, 0) is 0 Å². The first-order valence-corrected chi connectivity index (χ1v) is 4.51. The summed E-state index contributed by atoms with van der Waals surface area (Å²) in [5.74, 6) is -2.84. The Hall–Kier alpha value is -0.810. The molecule has 0 saturated heterocycles. The van der Waals surface area contributed by atoms with Crippen LogP contribution >= 0.6 is 23.2 Å².